The van der Waals surface area contributed by atoms with E-state index in [0.717, 1.165) is 0 Å². The van der Waals surface area contributed by atoms with Crippen molar-refractivity contribution in [2.75, 3.05) is 27.3 Å². The van der Waals surface area contributed by atoms with E-state index in [-0.39, 0.29) is 31.3 Å². The molecule has 2 amide bonds. The number of carbonyl (C=O) groups is 4. The molecule has 0 heterocycles. The van der Waals surface area contributed by atoms with Crippen molar-refractivity contribution in [3.63, 3.8) is 0 Å². The third-order valence-corrected chi connectivity index (χ3v) is 13.6. The van der Waals surface area contributed by atoms with Crippen LogP contribution in [0.5, 0.6) is 0 Å². The molecule has 18 heteroatoms. The summed E-state index contributed by atoms with van der Waals surface area (Å²) >= 11 is 0. The third kappa shape index (κ3) is 9.70. The van der Waals surface area contributed by atoms with Gasteiger partial charge >= 0.3 is 24.3 Å². The molecular formula is C31H40F6N2O8Si2. The topological polar surface area (TPSA) is 151 Å². The molecule has 4 N–H and O–H groups in total. The molecular weight excluding hydrogens is 699 g/mol. The second kappa shape index (κ2) is 15.9. The Kier molecular flexibility index (Phi) is 13.4. The van der Waals surface area contributed by atoms with Gasteiger partial charge in [0.25, 0.3) is 11.8 Å². The normalized spacial score (nSPS) is 12.8. The van der Waals surface area contributed by atoms with Crippen LogP contribution < -0.4 is 10.6 Å². The van der Waals surface area contributed by atoms with E-state index < -0.39 is 91.5 Å². The lowest BCUT2D eigenvalue weighted by Gasteiger charge is -2.38. The number of carbonyl (C=O) groups excluding carboxylic acids is 2. The summed E-state index contributed by atoms with van der Waals surface area (Å²) in [6.07, 6.45) is -11.7. The van der Waals surface area contributed by atoms with E-state index in [9.17, 15) is 55.7 Å². The summed E-state index contributed by atoms with van der Waals surface area (Å²) < 4.78 is 101. The van der Waals surface area contributed by atoms with E-state index in [4.69, 9.17) is 8.85 Å². The Labute approximate surface area is 281 Å². The van der Waals surface area contributed by atoms with Gasteiger partial charge < -0.3 is 29.7 Å². The number of nitrogens with one attached hydrogen (secondary N) is 2. The number of hydrogen-bond acceptors (Lipinski definition) is 6. The van der Waals surface area contributed by atoms with Crippen LogP contribution >= 0.6 is 0 Å². The average molecular weight is 739 g/mol. The molecule has 49 heavy (non-hydrogen) atoms. The molecule has 2 rings (SSSR count). The lowest BCUT2D eigenvalue weighted by molar-refractivity contribution is -0.288. The van der Waals surface area contributed by atoms with E-state index in [0.29, 0.717) is 43.1 Å². The minimum absolute atomic E-state index is 0.0291. The third-order valence-electron chi connectivity index (χ3n) is 8.29. The van der Waals surface area contributed by atoms with Crippen LogP contribution in [-0.2, 0) is 14.3 Å². The van der Waals surface area contributed by atoms with E-state index in [1.54, 1.807) is 0 Å². The minimum Gasteiger partial charge on any atom is -0.478 e. The van der Waals surface area contributed by atoms with Gasteiger partial charge in [-0.05, 0) is 86.5 Å². The molecule has 0 atom stereocenters. The zero-order valence-electron chi connectivity index (χ0n) is 27.8. The van der Waals surface area contributed by atoms with E-state index in [1.165, 1.54) is 14.2 Å². The largest absolute Gasteiger partial charge is 0.478 e. The fourth-order valence-electron chi connectivity index (χ4n) is 5.11. The minimum atomic E-state index is -6.21. The fourth-order valence-corrected chi connectivity index (χ4v) is 7.58. The molecule has 272 valence electrons. The molecule has 0 aliphatic rings. The van der Waals surface area contributed by atoms with Gasteiger partial charge in [-0.1, -0.05) is 12.1 Å². The summed E-state index contributed by atoms with van der Waals surface area (Å²) in [6.45, 7) is 7.55. The van der Waals surface area contributed by atoms with Crippen molar-refractivity contribution in [1.29, 1.82) is 0 Å². The summed E-state index contributed by atoms with van der Waals surface area (Å²) in [4.78, 5) is 49.9. The molecule has 2 aromatic rings. The number of aromatic carboxylic acids is 2. The SMILES string of the molecule is CO[Si](C)(C)CCCNC(=O)c1ccc(C(c2ccc(C(=O)O)c(C(=O)NCCC[Si](C)(C)OC)c2)(C(F)(F)F)C(F)(F)F)cc1C(=O)O. The number of carboxylic acid groups (broad SMARTS) is 2. The lowest BCUT2D eigenvalue weighted by Crippen LogP contribution is -2.55. The van der Waals surface area contributed by atoms with Crippen molar-refractivity contribution in [3.8, 4) is 0 Å². The van der Waals surface area contributed by atoms with Crippen LogP contribution in [-0.4, -0.2) is 90.3 Å². The number of hydrogen-bond donors (Lipinski definition) is 4. The molecule has 2 aromatic carbocycles. The van der Waals surface area contributed by atoms with Gasteiger partial charge in [0.15, 0.2) is 16.6 Å². The van der Waals surface area contributed by atoms with Crippen LogP contribution in [0.2, 0.25) is 38.3 Å². The standard InChI is InChI=1S/C31H40F6N2O8Si2/c1-46-48(3,4)15-7-13-38-25(40)21-11-9-20(18-24(21)28(44)45)29(30(32,33)34,31(35,36)37)19-10-12-22(27(42)43)23(17-19)26(41)39-14-8-16-49(5,6)47-2/h9-12,17-18H,7-8,13-16H2,1-6H3,(H,38,40)(H,39,41)(H,42,43)(H,44,45). The van der Waals surface area contributed by atoms with Gasteiger partial charge in [-0.25, -0.2) is 9.59 Å². The first-order valence-electron chi connectivity index (χ1n) is 15.0. The van der Waals surface area contributed by atoms with Crippen LogP contribution in [0.3, 0.4) is 0 Å². The number of alkyl halides is 6. The highest BCUT2D eigenvalue weighted by atomic mass is 28.4. The van der Waals surface area contributed by atoms with Crippen LogP contribution in [0, 0.1) is 0 Å². The van der Waals surface area contributed by atoms with Gasteiger partial charge in [-0.2, -0.15) is 26.3 Å². The zero-order valence-corrected chi connectivity index (χ0v) is 29.8. The van der Waals surface area contributed by atoms with Gasteiger partial charge in [0.1, 0.15) is 0 Å². The zero-order chi connectivity index (χ0) is 37.6. The quantitative estimate of drug-likeness (QED) is 0.0874. The molecule has 0 bridgehead atoms. The molecule has 0 saturated heterocycles. The van der Waals surface area contributed by atoms with Crippen molar-refractivity contribution >= 4 is 40.4 Å². The number of benzene rings is 2. The molecule has 0 spiro atoms. The van der Waals surface area contributed by atoms with Crippen molar-refractivity contribution < 1.29 is 64.6 Å². The van der Waals surface area contributed by atoms with Gasteiger partial charge in [-0.3, -0.25) is 9.59 Å². The molecule has 0 aliphatic carbocycles. The smallest absolute Gasteiger partial charge is 0.411 e. The van der Waals surface area contributed by atoms with Crippen LogP contribution in [0.1, 0.15) is 65.4 Å². The Morgan fingerprint density at radius 1 is 0.633 bits per heavy atom. The second-order valence-corrected chi connectivity index (χ2v) is 21.4. The summed E-state index contributed by atoms with van der Waals surface area (Å²) in [5, 5.41) is 24.2. The molecule has 0 unspecified atom stereocenters. The number of halogens is 6. The Hall–Kier alpha value is -3.75. The van der Waals surface area contributed by atoms with E-state index in [2.05, 4.69) is 10.6 Å². The predicted molar refractivity (Wildman–Crippen MR) is 172 cm³/mol. The summed E-state index contributed by atoms with van der Waals surface area (Å²) in [5.41, 5.74) is -11.8. The van der Waals surface area contributed by atoms with Gasteiger partial charge in [0.05, 0.1) is 22.3 Å². The highest BCUT2D eigenvalue weighted by Crippen LogP contribution is 2.56. The van der Waals surface area contributed by atoms with Crippen molar-refractivity contribution in [3.05, 3.63) is 69.8 Å². The maximum Gasteiger partial charge on any atom is 0.411 e. The maximum absolute atomic E-state index is 15.0. The fraction of sp³-hybridized carbons (Fsp3) is 0.484. The van der Waals surface area contributed by atoms with Crippen molar-refractivity contribution in [2.24, 2.45) is 0 Å². The van der Waals surface area contributed by atoms with Crippen molar-refractivity contribution in [2.45, 2.75) is 68.9 Å². The number of carboxylic acids is 2. The Balaban J connectivity index is 2.70. The van der Waals surface area contributed by atoms with E-state index in [1.807, 2.05) is 26.2 Å². The maximum atomic E-state index is 15.0. The molecule has 0 saturated carbocycles. The first-order valence-corrected chi connectivity index (χ1v) is 21.2. The second-order valence-electron chi connectivity index (χ2n) is 12.5. The summed E-state index contributed by atoms with van der Waals surface area (Å²) in [6, 6.07) is 3.07. The van der Waals surface area contributed by atoms with Gasteiger partial charge in [0.2, 0.25) is 5.41 Å². The van der Waals surface area contributed by atoms with Gasteiger partial charge in [0, 0.05) is 27.3 Å². The van der Waals surface area contributed by atoms with Crippen LogP contribution in [0.4, 0.5) is 26.3 Å². The molecule has 0 radical (unpaired) electrons. The number of rotatable bonds is 16. The monoisotopic (exact) mass is 738 g/mol. The lowest BCUT2D eigenvalue weighted by atomic mass is 9.71. The van der Waals surface area contributed by atoms with Crippen LogP contribution in [0.25, 0.3) is 0 Å². The number of amides is 2. The Morgan fingerprint density at radius 3 is 1.37 bits per heavy atom. The molecule has 10 nitrogen and oxygen atoms in total. The Bertz CT molecular complexity index is 1530. The highest BCUT2D eigenvalue weighted by Gasteiger charge is 2.72. The first kappa shape index (κ1) is 41.4. The first-order chi connectivity index (χ1) is 22.5. The summed E-state index contributed by atoms with van der Waals surface area (Å²) in [7, 11) is -1.04. The molecule has 0 aliphatic heterocycles. The Morgan fingerprint density at radius 2 is 1.00 bits per heavy atom. The molecule has 0 aromatic heterocycles. The van der Waals surface area contributed by atoms with Crippen molar-refractivity contribution in [1.82, 2.24) is 10.6 Å². The van der Waals surface area contributed by atoms with Crippen LogP contribution in [0.15, 0.2) is 36.4 Å². The van der Waals surface area contributed by atoms with E-state index >= 15 is 0 Å². The summed E-state index contributed by atoms with van der Waals surface area (Å²) in [5.74, 6) is -6.03. The molecule has 0 fully saturated rings. The average Bonchev–Trinajstić information content (AvgIpc) is 2.99. The predicted octanol–water partition coefficient (Wildman–Crippen LogP) is 6.44. The highest BCUT2D eigenvalue weighted by molar-refractivity contribution is 6.71. The van der Waals surface area contributed by atoms with Gasteiger partial charge in [-0.15, -0.1) is 0 Å².